The Morgan fingerprint density at radius 2 is 1.17 bits per heavy atom. The van der Waals surface area contributed by atoms with Gasteiger partial charge in [0.15, 0.2) is 0 Å². The molecule has 0 bridgehead atoms. The summed E-state index contributed by atoms with van der Waals surface area (Å²) in [5, 5.41) is 2.51. The molecule has 3 heteroatoms. The van der Waals surface area contributed by atoms with Crippen LogP contribution in [0.3, 0.4) is 0 Å². The molecule has 1 aliphatic rings. The zero-order valence-electron chi connectivity index (χ0n) is 26.3. The van der Waals surface area contributed by atoms with Gasteiger partial charge in [0.1, 0.15) is 0 Å². The normalized spacial score (nSPS) is 13.1. The van der Waals surface area contributed by atoms with Crippen LogP contribution in [0.4, 0.5) is 17.1 Å². The summed E-state index contributed by atoms with van der Waals surface area (Å²) < 4.78 is 2.47. The van der Waals surface area contributed by atoms with Crippen LogP contribution in [0, 0.1) is 0 Å². The van der Waals surface area contributed by atoms with E-state index < -0.39 is 0 Å². The number of hydrogen-bond acceptors (Lipinski definition) is 3. The highest BCUT2D eigenvalue weighted by Gasteiger charge is 2.35. The van der Waals surface area contributed by atoms with E-state index in [0.717, 1.165) is 11.4 Å². The van der Waals surface area contributed by atoms with Gasteiger partial charge in [-0.25, -0.2) is 0 Å². The van der Waals surface area contributed by atoms with Gasteiger partial charge in [-0.15, -0.1) is 11.3 Å². The Bertz CT molecular complexity index is 2420. The van der Waals surface area contributed by atoms with E-state index in [1.807, 2.05) is 23.7 Å². The smallest absolute Gasteiger partial charge is 0.0640 e. The molecule has 8 aromatic rings. The van der Waals surface area contributed by atoms with Gasteiger partial charge in [-0.2, -0.15) is 0 Å². The van der Waals surface area contributed by atoms with E-state index in [-0.39, 0.29) is 5.41 Å². The molecule has 0 fully saturated rings. The van der Waals surface area contributed by atoms with Crippen molar-refractivity contribution in [3.8, 4) is 33.4 Å². The number of fused-ring (bicyclic) bond motifs is 6. The molecular formula is C44H32N2S. The summed E-state index contributed by atoms with van der Waals surface area (Å²) >= 11 is 1.82. The summed E-state index contributed by atoms with van der Waals surface area (Å²) in [6.07, 6.45) is 3.88. The highest BCUT2D eigenvalue weighted by molar-refractivity contribution is 7.26. The van der Waals surface area contributed by atoms with E-state index in [0.29, 0.717) is 0 Å². The minimum absolute atomic E-state index is 0.0847. The molecule has 0 saturated carbocycles. The second kappa shape index (κ2) is 10.8. The Kier molecular flexibility index (Phi) is 6.38. The van der Waals surface area contributed by atoms with Gasteiger partial charge in [-0.3, -0.25) is 4.98 Å². The van der Waals surface area contributed by atoms with Crippen LogP contribution in [-0.2, 0) is 5.41 Å². The van der Waals surface area contributed by atoms with Crippen LogP contribution in [0.15, 0.2) is 158 Å². The van der Waals surface area contributed by atoms with Gasteiger partial charge in [-0.05, 0) is 80.9 Å². The van der Waals surface area contributed by atoms with Crippen LogP contribution in [-0.4, -0.2) is 4.98 Å². The highest BCUT2D eigenvalue weighted by Crippen LogP contribution is 2.51. The molecule has 2 aromatic heterocycles. The molecule has 2 heterocycles. The first kappa shape index (κ1) is 27.8. The first-order valence-corrected chi connectivity index (χ1v) is 16.9. The molecule has 2 nitrogen and oxygen atoms in total. The summed E-state index contributed by atoms with van der Waals surface area (Å²) in [4.78, 5) is 6.87. The molecule has 47 heavy (non-hydrogen) atoms. The van der Waals surface area contributed by atoms with Gasteiger partial charge in [0, 0.05) is 40.0 Å². The summed E-state index contributed by atoms with van der Waals surface area (Å²) in [6, 6.07) is 53.2. The Balaban J connectivity index is 1.18. The number of anilines is 3. The van der Waals surface area contributed by atoms with Gasteiger partial charge in [-0.1, -0.05) is 123 Å². The molecule has 6 aromatic carbocycles. The second-order valence-corrected chi connectivity index (χ2v) is 13.9. The van der Waals surface area contributed by atoms with Crippen molar-refractivity contribution in [3.63, 3.8) is 0 Å². The lowest BCUT2D eigenvalue weighted by atomic mass is 9.82. The molecule has 0 saturated heterocycles. The largest absolute Gasteiger partial charge is 0.309 e. The topological polar surface area (TPSA) is 16.1 Å². The van der Waals surface area contributed by atoms with E-state index in [1.54, 1.807) is 0 Å². The third-order valence-electron chi connectivity index (χ3n) is 9.80. The van der Waals surface area contributed by atoms with Crippen molar-refractivity contribution in [2.45, 2.75) is 19.3 Å². The summed E-state index contributed by atoms with van der Waals surface area (Å²) in [5.41, 5.74) is 13.7. The lowest BCUT2D eigenvalue weighted by Gasteiger charge is -2.28. The molecule has 9 rings (SSSR count). The van der Waals surface area contributed by atoms with Crippen molar-refractivity contribution < 1.29 is 0 Å². The van der Waals surface area contributed by atoms with Crippen LogP contribution in [0.2, 0.25) is 0 Å². The standard InChI is InChI=1S/C44H32N2S/c1-44(2)39-13-7-6-11-35(39)36-24-23-34(27-40(36)44)46(41-14-8-12-38-37-25-26-45-28-42(37)47-43(38)41)33-21-19-32(20-22-33)31-17-15-30(16-18-31)29-9-4-3-5-10-29/h3-28H,1-2H3. The van der Waals surface area contributed by atoms with Crippen molar-refractivity contribution in [2.24, 2.45) is 0 Å². The van der Waals surface area contributed by atoms with E-state index in [2.05, 4.69) is 169 Å². The zero-order valence-corrected chi connectivity index (χ0v) is 27.1. The molecule has 0 unspecified atom stereocenters. The van der Waals surface area contributed by atoms with Gasteiger partial charge in [0.05, 0.1) is 15.1 Å². The van der Waals surface area contributed by atoms with Crippen molar-refractivity contribution in [3.05, 3.63) is 169 Å². The van der Waals surface area contributed by atoms with E-state index >= 15 is 0 Å². The van der Waals surface area contributed by atoms with Crippen LogP contribution in [0.25, 0.3) is 53.6 Å². The molecule has 0 radical (unpaired) electrons. The Labute approximate surface area is 279 Å². The predicted molar refractivity (Wildman–Crippen MR) is 200 cm³/mol. The van der Waals surface area contributed by atoms with E-state index in [4.69, 9.17) is 0 Å². The van der Waals surface area contributed by atoms with Gasteiger partial charge >= 0.3 is 0 Å². The maximum absolute atomic E-state index is 4.43. The zero-order chi connectivity index (χ0) is 31.5. The molecule has 0 aliphatic heterocycles. The molecule has 0 atom stereocenters. The van der Waals surface area contributed by atoms with Crippen molar-refractivity contribution in [1.29, 1.82) is 0 Å². The third kappa shape index (κ3) is 4.50. The number of aromatic nitrogens is 1. The van der Waals surface area contributed by atoms with Crippen molar-refractivity contribution >= 4 is 48.6 Å². The van der Waals surface area contributed by atoms with Crippen LogP contribution in [0.5, 0.6) is 0 Å². The molecule has 0 N–H and O–H groups in total. The van der Waals surface area contributed by atoms with E-state index in [1.165, 1.54) is 70.4 Å². The maximum atomic E-state index is 4.43. The molecular weight excluding hydrogens is 589 g/mol. The number of benzene rings is 6. The fourth-order valence-electron chi connectivity index (χ4n) is 7.36. The van der Waals surface area contributed by atoms with Gasteiger partial charge in [0.2, 0.25) is 0 Å². The number of rotatable bonds is 5. The highest BCUT2D eigenvalue weighted by atomic mass is 32.1. The molecule has 0 amide bonds. The third-order valence-corrected chi connectivity index (χ3v) is 11.0. The molecule has 0 spiro atoms. The first-order chi connectivity index (χ1) is 23.1. The lowest BCUT2D eigenvalue weighted by molar-refractivity contribution is 0.660. The predicted octanol–water partition coefficient (Wildman–Crippen LogP) is 12.6. The Hall–Kier alpha value is -5.51. The van der Waals surface area contributed by atoms with Gasteiger partial charge < -0.3 is 4.90 Å². The maximum Gasteiger partial charge on any atom is 0.0640 e. The molecule has 1 aliphatic carbocycles. The van der Waals surface area contributed by atoms with Crippen LogP contribution in [0.1, 0.15) is 25.0 Å². The van der Waals surface area contributed by atoms with Crippen LogP contribution < -0.4 is 4.90 Å². The Morgan fingerprint density at radius 1 is 0.532 bits per heavy atom. The summed E-state index contributed by atoms with van der Waals surface area (Å²) in [5.74, 6) is 0. The number of pyridine rings is 1. The minimum Gasteiger partial charge on any atom is -0.309 e. The van der Waals surface area contributed by atoms with Gasteiger partial charge in [0.25, 0.3) is 0 Å². The quantitative estimate of drug-likeness (QED) is 0.190. The minimum atomic E-state index is -0.0847. The SMILES string of the molecule is CC1(C)c2ccccc2-c2ccc(N(c3ccc(-c4ccc(-c5ccccc5)cc4)cc3)c3cccc4c3sc3cnccc34)cc21. The summed E-state index contributed by atoms with van der Waals surface area (Å²) in [7, 11) is 0. The monoisotopic (exact) mass is 620 g/mol. The number of nitrogens with zero attached hydrogens (tertiary/aromatic N) is 2. The number of thiophene rings is 1. The molecule has 224 valence electrons. The lowest BCUT2D eigenvalue weighted by Crippen LogP contribution is -2.16. The first-order valence-electron chi connectivity index (χ1n) is 16.1. The van der Waals surface area contributed by atoms with Crippen LogP contribution >= 0.6 is 11.3 Å². The Morgan fingerprint density at radius 3 is 1.94 bits per heavy atom. The van der Waals surface area contributed by atoms with Crippen molar-refractivity contribution in [2.75, 3.05) is 4.90 Å². The summed E-state index contributed by atoms with van der Waals surface area (Å²) in [6.45, 7) is 4.70. The fourth-order valence-corrected chi connectivity index (χ4v) is 8.53. The average molecular weight is 621 g/mol. The second-order valence-electron chi connectivity index (χ2n) is 12.9. The van der Waals surface area contributed by atoms with E-state index in [9.17, 15) is 0 Å². The average Bonchev–Trinajstić information content (AvgIpc) is 3.62. The number of hydrogen-bond donors (Lipinski definition) is 0. The fraction of sp³-hybridized carbons (Fsp3) is 0.0682. The van der Waals surface area contributed by atoms with Crippen molar-refractivity contribution in [1.82, 2.24) is 4.98 Å².